The van der Waals surface area contributed by atoms with E-state index in [1.54, 1.807) is 0 Å². The first kappa shape index (κ1) is 18.3. The Bertz CT molecular complexity index is 665. The molecule has 2 atom stereocenters. The lowest BCUT2D eigenvalue weighted by atomic mass is 10.0. The Morgan fingerprint density at radius 3 is 2.88 bits per heavy atom. The van der Waals surface area contributed by atoms with Crippen molar-refractivity contribution in [1.29, 1.82) is 0 Å². The second kappa shape index (κ2) is 7.87. The van der Waals surface area contributed by atoms with Crippen LogP contribution in [0.4, 0.5) is 5.69 Å². The lowest BCUT2D eigenvalue weighted by Crippen LogP contribution is -2.42. The minimum Gasteiger partial charge on any atom is -0.310 e. The molecular weight excluding hydrogens is 346 g/mol. The Morgan fingerprint density at radius 1 is 1.19 bits per heavy atom. The molecule has 1 aromatic rings. The minimum atomic E-state index is 0.264. The summed E-state index contributed by atoms with van der Waals surface area (Å²) in [6.07, 6.45) is 5.62. The average molecular weight is 376 g/mol. The van der Waals surface area contributed by atoms with E-state index in [-0.39, 0.29) is 5.91 Å². The highest BCUT2D eigenvalue weighted by Crippen LogP contribution is 2.33. The third-order valence-electron chi connectivity index (χ3n) is 6.28. The summed E-state index contributed by atoms with van der Waals surface area (Å²) in [7, 11) is 0. The molecule has 3 aliphatic heterocycles. The summed E-state index contributed by atoms with van der Waals surface area (Å²) < 4.78 is 0. The van der Waals surface area contributed by atoms with E-state index in [2.05, 4.69) is 21.6 Å². The van der Waals surface area contributed by atoms with E-state index >= 15 is 0 Å². The second-order valence-electron chi connectivity index (χ2n) is 8.34. The molecule has 3 aliphatic rings. The number of fused-ring (bicyclic) bond motifs is 2. The Kier molecular flexibility index (Phi) is 5.53. The molecule has 2 unspecified atom stereocenters. The molecule has 5 heteroatoms. The number of likely N-dealkylation sites (tertiary alicyclic amines) is 1. The molecule has 0 aromatic heterocycles. The van der Waals surface area contributed by atoms with E-state index in [1.165, 1.54) is 31.2 Å². The monoisotopic (exact) mass is 375 g/mol. The molecule has 3 heterocycles. The standard InChI is InChI=1S/C21H30ClN3O/c1-16-4-2-9-23(13-16)11-8-21(26)25-15-19-5-3-10-24(19)14-17-12-18(22)6-7-20(17)25/h6-7,12,16,19H,2-5,8-11,13-15H2,1H3. The number of hydrogen-bond donors (Lipinski definition) is 0. The minimum absolute atomic E-state index is 0.264. The Morgan fingerprint density at radius 2 is 2.04 bits per heavy atom. The number of nitrogens with zero attached hydrogens (tertiary/aromatic N) is 3. The molecule has 0 N–H and O–H groups in total. The van der Waals surface area contributed by atoms with Crippen LogP contribution >= 0.6 is 11.6 Å². The summed E-state index contributed by atoms with van der Waals surface area (Å²) in [5, 5.41) is 0.760. The molecule has 26 heavy (non-hydrogen) atoms. The predicted molar refractivity (Wildman–Crippen MR) is 107 cm³/mol. The van der Waals surface area contributed by atoms with E-state index in [0.29, 0.717) is 12.5 Å². The van der Waals surface area contributed by atoms with Gasteiger partial charge >= 0.3 is 0 Å². The van der Waals surface area contributed by atoms with Crippen molar-refractivity contribution in [3.05, 3.63) is 28.8 Å². The van der Waals surface area contributed by atoms with Gasteiger partial charge in [0.05, 0.1) is 0 Å². The normalized spacial score (nSPS) is 27.1. The van der Waals surface area contributed by atoms with Crippen LogP contribution < -0.4 is 4.90 Å². The number of anilines is 1. The van der Waals surface area contributed by atoms with Crippen molar-refractivity contribution < 1.29 is 4.79 Å². The van der Waals surface area contributed by atoms with Crippen molar-refractivity contribution in [3.63, 3.8) is 0 Å². The number of rotatable bonds is 3. The van der Waals surface area contributed by atoms with Crippen LogP contribution in [-0.2, 0) is 11.3 Å². The molecule has 1 amide bonds. The lowest BCUT2D eigenvalue weighted by molar-refractivity contribution is -0.119. The summed E-state index contributed by atoms with van der Waals surface area (Å²) in [6, 6.07) is 6.49. The summed E-state index contributed by atoms with van der Waals surface area (Å²) in [4.78, 5) is 20.2. The van der Waals surface area contributed by atoms with Crippen molar-refractivity contribution in [3.8, 4) is 0 Å². The van der Waals surface area contributed by atoms with Crippen LogP contribution in [0.3, 0.4) is 0 Å². The zero-order chi connectivity index (χ0) is 18.1. The molecule has 1 aromatic carbocycles. The first-order chi connectivity index (χ1) is 12.6. The predicted octanol–water partition coefficient (Wildman–Crippen LogP) is 3.77. The summed E-state index contributed by atoms with van der Waals surface area (Å²) in [5.41, 5.74) is 2.27. The third-order valence-corrected chi connectivity index (χ3v) is 6.52. The van der Waals surface area contributed by atoms with Gasteiger partial charge in [-0.05, 0) is 68.5 Å². The summed E-state index contributed by atoms with van der Waals surface area (Å²) in [6.45, 7) is 8.34. The van der Waals surface area contributed by atoms with Crippen molar-refractivity contribution in [1.82, 2.24) is 9.80 Å². The highest BCUT2D eigenvalue weighted by molar-refractivity contribution is 6.30. The fourth-order valence-electron chi connectivity index (χ4n) is 4.90. The molecular formula is C21H30ClN3O. The van der Waals surface area contributed by atoms with Gasteiger partial charge in [0.2, 0.25) is 5.91 Å². The third kappa shape index (κ3) is 3.92. The topological polar surface area (TPSA) is 26.8 Å². The van der Waals surface area contributed by atoms with E-state index in [4.69, 9.17) is 11.6 Å². The summed E-state index contributed by atoms with van der Waals surface area (Å²) >= 11 is 6.25. The van der Waals surface area contributed by atoms with Crippen molar-refractivity contribution in [2.24, 2.45) is 5.92 Å². The van der Waals surface area contributed by atoms with Gasteiger partial charge in [-0.1, -0.05) is 18.5 Å². The fraction of sp³-hybridized carbons (Fsp3) is 0.667. The number of piperidine rings is 1. The van der Waals surface area contributed by atoms with Crippen molar-refractivity contribution in [2.75, 3.05) is 37.6 Å². The zero-order valence-corrected chi connectivity index (χ0v) is 16.5. The molecule has 4 rings (SSSR count). The van der Waals surface area contributed by atoms with Crippen LogP contribution in [0.15, 0.2) is 18.2 Å². The molecule has 0 spiro atoms. The first-order valence-corrected chi connectivity index (χ1v) is 10.5. The molecule has 0 saturated carbocycles. The van der Waals surface area contributed by atoms with Gasteiger partial charge < -0.3 is 9.80 Å². The number of halogens is 1. The number of carbonyl (C=O) groups excluding carboxylic acids is 1. The zero-order valence-electron chi connectivity index (χ0n) is 15.8. The molecule has 0 radical (unpaired) electrons. The number of benzene rings is 1. The van der Waals surface area contributed by atoms with Gasteiger partial charge in [-0.2, -0.15) is 0 Å². The maximum absolute atomic E-state index is 13.2. The van der Waals surface area contributed by atoms with Gasteiger partial charge in [-0.3, -0.25) is 9.69 Å². The van der Waals surface area contributed by atoms with Crippen LogP contribution in [0.25, 0.3) is 0 Å². The van der Waals surface area contributed by atoms with Crippen molar-refractivity contribution in [2.45, 2.75) is 51.6 Å². The van der Waals surface area contributed by atoms with Gasteiger partial charge in [0.15, 0.2) is 0 Å². The molecule has 142 valence electrons. The van der Waals surface area contributed by atoms with Gasteiger partial charge in [0, 0.05) is 49.4 Å². The first-order valence-electron chi connectivity index (χ1n) is 10.2. The number of amides is 1. The van der Waals surface area contributed by atoms with E-state index < -0.39 is 0 Å². The Hall–Kier alpha value is -1.10. The second-order valence-corrected chi connectivity index (χ2v) is 8.78. The van der Waals surface area contributed by atoms with Crippen molar-refractivity contribution >= 4 is 23.2 Å². The SMILES string of the molecule is CC1CCCN(CCC(=O)N2CC3CCCN3Cc3cc(Cl)ccc32)C1. The average Bonchev–Trinajstić information content (AvgIpc) is 2.99. The maximum atomic E-state index is 13.2. The van der Waals surface area contributed by atoms with Crippen LogP contribution in [0.2, 0.25) is 5.02 Å². The molecule has 0 bridgehead atoms. The molecule has 2 saturated heterocycles. The largest absolute Gasteiger partial charge is 0.310 e. The summed E-state index contributed by atoms with van der Waals surface area (Å²) in [5.74, 6) is 1.02. The lowest BCUT2D eigenvalue weighted by Gasteiger charge is -2.32. The fourth-order valence-corrected chi connectivity index (χ4v) is 5.09. The quantitative estimate of drug-likeness (QED) is 0.804. The van der Waals surface area contributed by atoms with Crippen LogP contribution in [0, 0.1) is 5.92 Å². The van der Waals surface area contributed by atoms with Crippen LogP contribution in [0.5, 0.6) is 0 Å². The van der Waals surface area contributed by atoms with E-state index in [0.717, 1.165) is 55.9 Å². The maximum Gasteiger partial charge on any atom is 0.228 e. The molecule has 2 fully saturated rings. The smallest absolute Gasteiger partial charge is 0.228 e. The number of hydrogen-bond acceptors (Lipinski definition) is 3. The van der Waals surface area contributed by atoms with Gasteiger partial charge in [0.1, 0.15) is 0 Å². The van der Waals surface area contributed by atoms with E-state index in [1.807, 2.05) is 18.2 Å². The van der Waals surface area contributed by atoms with E-state index in [9.17, 15) is 4.79 Å². The highest BCUT2D eigenvalue weighted by atomic mass is 35.5. The molecule has 4 nitrogen and oxygen atoms in total. The molecule has 0 aliphatic carbocycles. The van der Waals surface area contributed by atoms with Crippen LogP contribution in [0.1, 0.15) is 44.6 Å². The highest BCUT2D eigenvalue weighted by Gasteiger charge is 2.33. The van der Waals surface area contributed by atoms with Gasteiger partial charge in [0.25, 0.3) is 0 Å². The van der Waals surface area contributed by atoms with Gasteiger partial charge in [-0.25, -0.2) is 0 Å². The number of carbonyl (C=O) groups is 1. The Balaban J connectivity index is 1.49. The van der Waals surface area contributed by atoms with Gasteiger partial charge in [-0.15, -0.1) is 0 Å². The Labute approximate surface area is 162 Å². The van der Waals surface area contributed by atoms with Crippen LogP contribution in [-0.4, -0.2) is 54.5 Å².